The largest absolute Gasteiger partial charge is 0.329 e. The lowest BCUT2D eigenvalue weighted by Gasteiger charge is -2.21. The molecule has 1 aromatic rings. The van der Waals surface area contributed by atoms with Gasteiger partial charge in [0.05, 0.1) is 11.3 Å². The van der Waals surface area contributed by atoms with E-state index in [1.54, 1.807) is 23.1 Å². The topological polar surface area (TPSA) is 49.4 Å². The van der Waals surface area contributed by atoms with E-state index in [9.17, 15) is 9.59 Å². The Morgan fingerprint density at radius 2 is 2.11 bits per heavy atom. The molecular formula is C13H15ClN2O2. The number of amides is 2. The Labute approximate surface area is 111 Å². The van der Waals surface area contributed by atoms with Gasteiger partial charge in [0.25, 0.3) is 5.91 Å². The highest BCUT2D eigenvalue weighted by Crippen LogP contribution is 2.24. The Balaban J connectivity index is 2.40. The number of fused-ring (bicyclic) bond motifs is 1. The molecule has 5 heteroatoms. The summed E-state index contributed by atoms with van der Waals surface area (Å²) < 4.78 is 0. The van der Waals surface area contributed by atoms with Gasteiger partial charge in [0.15, 0.2) is 0 Å². The van der Waals surface area contributed by atoms with Gasteiger partial charge in [0, 0.05) is 11.6 Å². The molecule has 0 atom stereocenters. The predicted molar refractivity (Wildman–Crippen MR) is 70.8 cm³/mol. The highest BCUT2D eigenvalue weighted by Gasteiger charge is 2.26. The zero-order chi connectivity index (χ0) is 13.3. The Hall–Kier alpha value is -1.55. The third kappa shape index (κ3) is 2.64. The fourth-order valence-corrected chi connectivity index (χ4v) is 2.17. The van der Waals surface area contributed by atoms with E-state index in [4.69, 9.17) is 11.6 Å². The number of rotatable bonds is 2. The Morgan fingerprint density at radius 1 is 1.39 bits per heavy atom. The molecule has 0 bridgehead atoms. The number of hydrogen-bond donors (Lipinski definition) is 1. The zero-order valence-electron chi connectivity index (χ0n) is 10.4. The molecule has 0 fully saturated rings. The highest BCUT2D eigenvalue weighted by molar-refractivity contribution is 6.31. The normalized spacial score (nSPS) is 15.4. The first kappa shape index (κ1) is 12.9. The monoisotopic (exact) mass is 266 g/mol. The van der Waals surface area contributed by atoms with E-state index in [2.05, 4.69) is 5.32 Å². The molecule has 1 N–H and O–H groups in total. The third-order valence-corrected chi connectivity index (χ3v) is 2.93. The Bertz CT molecular complexity index is 500. The van der Waals surface area contributed by atoms with Gasteiger partial charge in [-0.25, -0.2) is 0 Å². The summed E-state index contributed by atoms with van der Waals surface area (Å²) in [7, 11) is 0. The number of nitrogens with zero attached hydrogens (tertiary/aromatic N) is 1. The van der Waals surface area contributed by atoms with Crippen molar-refractivity contribution in [1.29, 1.82) is 0 Å². The summed E-state index contributed by atoms with van der Waals surface area (Å²) in [6.45, 7) is 4.66. The second-order valence-electron chi connectivity index (χ2n) is 4.82. The Kier molecular flexibility index (Phi) is 3.57. The molecule has 1 aliphatic rings. The van der Waals surface area contributed by atoms with Crippen LogP contribution in [0.25, 0.3) is 0 Å². The molecule has 1 aliphatic heterocycles. The van der Waals surface area contributed by atoms with Gasteiger partial charge in [-0.3, -0.25) is 9.59 Å². The lowest BCUT2D eigenvalue weighted by Crippen LogP contribution is -2.37. The van der Waals surface area contributed by atoms with E-state index >= 15 is 0 Å². The van der Waals surface area contributed by atoms with Crippen molar-refractivity contribution in [2.45, 2.75) is 13.8 Å². The van der Waals surface area contributed by atoms with Gasteiger partial charge in [-0.15, -0.1) is 0 Å². The third-order valence-electron chi connectivity index (χ3n) is 2.69. The summed E-state index contributed by atoms with van der Waals surface area (Å²) >= 11 is 5.90. The molecular weight excluding hydrogens is 252 g/mol. The van der Waals surface area contributed by atoms with Crippen LogP contribution in [-0.2, 0) is 4.79 Å². The summed E-state index contributed by atoms with van der Waals surface area (Å²) in [4.78, 5) is 25.6. The molecule has 2 rings (SSSR count). The Morgan fingerprint density at radius 3 is 2.78 bits per heavy atom. The van der Waals surface area contributed by atoms with Crippen LogP contribution in [0.2, 0.25) is 5.02 Å². The first-order valence-electron chi connectivity index (χ1n) is 5.86. The summed E-state index contributed by atoms with van der Waals surface area (Å²) in [6, 6.07) is 4.91. The maximum atomic E-state index is 12.3. The maximum absolute atomic E-state index is 12.3. The standard InChI is InChI=1S/C13H15ClN2O2/c1-8(2)6-16-7-12(17)15-11-4-3-9(14)5-10(11)13(16)18/h3-5,8H,6-7H2,1-2H3,(H,15,17). The number of carbonyl (C=O) groups is 2. The lowest BCUT2D eigenvalue weighted by atomic mass is 10.1. The second kappa shape index (κ2) is 4.98. The van der Waals surface area contributed by atoms with Gasteiger partial charge >= 0.3 is 0 Å². The summed E-state index contributed by atoms with van der Waals surface area (Å²) in [6.07, 6.45) is 0. The SMILES string of the molecule is CC(C)CN1CC(=O)Nc2ccc(Cl)cc2C1=O. The van der Waals surface area contributed by atoms with Crippen LogP contribution in [0.1, 0.15) is 24.2 Å². The van der Waals surface area contributed by atoms with Crippen LogP contribution >= 0.6 is 11.6 Å². The van der Waals surface area contributed by atoms with E-state index in [1.807, 2.05) is 13.8 Å². The van der Waals surface area contributed by atoms with Gasteiger partial charge in [-0.2, -0.15) is 0 Å². The lowest BCUT2D eigenvalue weighted by molar-refractivity contribution is -0.116. The summed E-state index contributed by atoms with van der Waals surface area (Å²) in [5.74, 6) is -0.0212. The first-order valence-corrected chi connectivity index (χ1v) is 6.24. The number of anilines is 1. The minimum Gasteiger partial charge on any atom is -0.329 e. The van der Waals surface area contributed by atoms with Crippen molar-refractivity contribution in [2.24, 2.45) is 5.92 Å². The van der Waals surface area contributed by atoms with E-state index in [1.165, 1.54) is 0 Å². The molecule has 18 heavy (non-hydrogen) atoms. The van der Waals surface area contributed by atoms with E-state index in [0.29, 0.717) is 28.7 Å². The van der Waals surface area contributed by atoms with Gasteiger partial charge in [0.2, 0.25) is 5.91 Å². The molecule has 1 heterocycles. The van der Waals surface area contributed by atoms with E-state index in [0.717, 1.165) is 0 Å². The smallest absolute Gasteiger partial charge is 0.256 e. The number of nitrogens with one attached hydrogen (secondary N) is 1. The molecule has 0 spiro atoms. The van der Waals surface area contributed by atoms with Crippen molar-refractivity contribution in [3.05, 3.63) is 28.8 Å². The molecule has 0 radical (unpaired) electrons. The van der Waals surface area contributed by atoms with Gasteiger partial charge in [0.1, 0.15) is 6.54 Å². The van der Waals surface area contributed by atoms with Crippen LogP contribution in [0.3, 0.4) is 0 Å². The van der Waals surface area contributed by atoms with E-state index in [-0.39, 0.29) is 18.4 Å². The molecule has 96 valence electrons. The summed E-state index contributed by atoms with van der Waals surface area (Å²) in [5.41, 5.74) is 0.981. The van der Waals surface area contributed by atoms with Crippen molar-refractivity contribution in [2.75, 3.05) is 18.4 Å². The maximum Gasteiger partial charge on any atom is 0.256 e. The predicted octanol–water partition coefficient (Wildman–Crippen LogP) is 2.39. The molecule has 2 amide bonds. The average Bonchev–Trinajstić information content (AvgIpc) is 2.38. The van der Waals surface area contributed by atoms with Crippen LogP contribution < -0.4 is 5.32 Å². The van der Waals surface area contributed by atoms with Crippen molar-refractivity contribution in [3.63, 3.8) is 0 Å². The van der Waals surface area contributed by atoms with Crippen LogP contribution in [0.5, 0.6) is 0 Å². The molecule has 4 nitrogen and oxygen atoms in total. The van der Waals surface area contributed by atoms with Crippen molar-refractivity contribution in [3.8, 4) is 0 Å². The number of benzene rings is 1. The molecule has 0 saturated heterocycles. The molecule has 0 aromatic heterocycles. The summed E-state index contributed by atoms with van der Waals surface area (Å²) in [5, 5.41) is 3.21. The fourth-order valence-electron chi connectivity index (χ4n) is 2.00. The first-order chi connectivity index (χ1) is 8.47. The van der Waals surface area contributed by atoms with Crippen LogP contribution in [0.4, 0.5) is 5.69 Å². The van der Waals surface area contributed by atoms with Crippen molar-refractivity contribution < 1.29 is 9.59 Å². The quantitative estimate of drug-likeness (QED) is 0.894. The van der Waals surface area contributed by atoms with E-state index < -0.39 is 0 Å². The van der Waals surface area contributed by atoms with Crippen LogP contribution in [0.15, 0.2) is 18.2 Å². The fraction of sp³-hybridized carbons (Fsp3) is 0.385. The zero-order valence-corrected chi connectivity index (χ0v) is 11.1. The van der Waals surface area contributed by atoms with Crippen molar-refractivity contribution in [1.82, 2.24) is 4.90 Å². The second-order valence-corrected chi connectivity index (χ2v) is 5.25. The van der Waals surface area contributed by atoms with Gasteiger partial charge < -0.3 is 10.2 Å². The van der Waals surface area contributed by atoms with Gasteiger partial charge in [-0.05, 0) is 24.1 Å². The number of carbonyl (C=O) groups excluding carboxylic acids is 2. The molecule has 1 aromatic carbocycles. The molecule has 0 aliphatic carbocycles. The number of hydrogen-bond acceptors (Lipinski definition) is 2. The minimum absolute atomic E-state index is 0.0866. The van der Waals surface area contributed by atoms with Crippen LogP contribution in [-0.4, -0.2) is 29.8 Å². The molecule has 0 unspecified atom stereocenters. The number of halogens is 1. The van der Waals surface area contributed by atoms with Crippen molar-refractivity contribution >= 4 is 29.1 Å². The molecule has 0 saturated carbocycles. The average molecular weight is 267 g/mol. The highest BCUT2D eigenvalue weighted by atomic mass is 35.5. The van der Waals surface area contributed by atoms with Gasteiger partial charge in [-0.1, -0.05) is 25.4 Å². The van der Waals surface area contributed by atoms with Crippen LogP contribution in [0, 0.1) is 5.92 Å². The minimum atomic E-state index is -0.176.